The van der Waals surface area contributed by atoms with Crippen LogP contribution in [0, 0.1) is 11.8 Å². The van der Waals surface area contributed by atoms with Crippen LogP contribution in [0.15, 0.2) is 36.4 Å². The van der Waals surface area contributed by atoms with E-state index in [1.165, 1.54) is 14.2 Å². The van der Waals surface area contributed by atoms with E-state index in [1.54, 1.807) is 12.1 Å². The van der Waals surface area contributed by atoms with Crippen molar-refractivity contribution in [3.8, 4) is 23.0 Å². The fraction of sp³-hybridized carbons (Fsp3) is 0.538. The number of phenols is 1. The van der Waals surface area contributed by atoms with Crippen molar-refractivity contribution in [2.75, 3.05) is 34.0 Å². The lowest BCUT2D eigenvalue weighted by molar-refractivity contribution is -0.277. The SMILES string of the molecule is COc1cc(CC2COCC2Cc2ccc(O[C@@H]3O[C@H](CO)[C@@H](O)[C@H](O)[C@H]3O)c(OC)c2)ccc1O. The maximum Gasteiger partial charge on any atom is 0.229 e. The molecule has 2 unspecified atom stereocenters. The molecule has 2 aromatic carbocycles. The molecule has 2 saturated heterocycles. The molecule has 4 rings (SSSR count). The molecule has 2 fully saturated rings. The summed E-state index contributed by atoms with van der Waals surface area (Å²) in [4.78, 5) is 0. The van der Waals surface area contributed by atoms with Crippen LogP contribution in [-0.2, 0) is 22.3 Å². The van der Waals surface area contributed by atoms with Crippen molar-refractivity contribution in [3.05, 3.63) is 47.5 Å². The number of aliphatic hydroxyl groups excluding tert-OH is 4. The molecule has 2 aliphatic rings. The third-order valence-electron chi connectivity index (χ3n) is 6.89. The Bertz CT molecular complexity index is 1010. The average molecular weight is 507 g/mol. The third-order valence-corrected chi connectivity index (χ3v) is 6.89. The summed E-state index contributed by atoms with van der Waals surface area (Å²) in [6, 6.07) is 10.8. The first-order valence-electron chi connectivity index (χ1n) is 11.9. The van der Waals surface area contributed by atoms with E-state index in [2.05, 4.69) is 0 Å². The van der Waals surface area contributed by atoms with Crippen LogP contribution in [0.25, 0.3) is 0 Å². The molecule has 2 aliphatic heterocycles. The molecule has 0 saturated carbocycles. The maximum absolute atomic E-state index is 10.3. The number of rotatable bonds is 9. The first kappa shape index (κ1) is 26.5. The minimum absolute atomic E-state index is 0.110. The van der Waals surface area contributed by atoms with Crippen LogP contribution in [0.1, 0.15) is 11.1 Å². The Kier molecular flexibility index (Phi) is 8.55. The summed E-state index contributed by atoms with van der Waals surface area (Å²) >= 11 is 0. The van der Waals surface area contributed by atoms with Gasteiger partial charge in [-0.3, -0.25) is 0 Å². The fourth-order valence-corrected chi connectivity index (χ4v) is 4.77. The molecule has 0 bridgehead atoms. The first-order chi connectivity index (χ1) is 17.3. The minimum Gasteiger partial charge on any atom is -0.504 e. The molecular weight excluding hydrogens is 472 g/mol. The molecule has 7 atom stereocenters. The number of aromatic hydroxyl groups is 1. The van der Waals surface area contributed by atoms with E-state index in [9.17, 15) is 25.5 Å². The van der Waals surface area contributed by atoms with Crippen molar-refractivity contribution in [3.63, 3.8) is 0 Å². The summed E-state index contributed by atoms with van der Waals surface area (Å²) in [5, 5.41) is 49.5. The maximum atomic E-state index is 10.3. The van der Waals surface area contributed by atoms with Gasteiger partial charge in [-0.05, 0) is 60.1 Å². The van der Waals surface area contributed by atoms with Crippen LogP contribution in [0.4, 0.5) is 0 Å². The second kappa shape index (κ2) is 11.6. The quantitative estimate of drug-likeness (QED) is 0.328. The number of ether oxygens (including phenoxy) is 5. The molecule has 2 aromatic rings. The van der Waals surface area contributed by atoms with Gasteiger partial charge in [0.1, 0.15) is 24.4 Å². The van der Waals surface area contributed by atoms with Crippen molar-refractivity contribution in [1.29, 1.82) is 0 Å². The molecule has 10 heteroatoms. The Morgan fingerprint density at radius 3 is 2.03 bits per heavy atom. The normalized spacial score (nSPS) is 30.2. The zero-order chi connectivity index (χ0) is 25.8. The van der Waals surface area contributed by atoms with Crippen molar-refractivity contribution in [2.24, 2.45) is 11.8 Å². The van der Waals surface area contributed by atoms with E-state index >= 15 is 0 Å². The van der Waals surface area contributed by atoms with E-state index in [4.69, 9.17) is 23.7 Å². The van der Waals surface area contributed by atoms with Crippen LogP contribution in [0.5, 0.6) is 23.0 Å². The highest BCUT2D eigenvalue weighted by atomic mass is 16.7. The topological polar surface area (TPSA) is 147 Å². The van der Waals surface area contributed by atoms with Gasteiger partial charge >= 0.3 is 0 Å². The second-order valence-corrected chi connectivity index (χ2v) is 9.27. The Balaban J connectivity index is 1.43. The van der Waals surface area contributed by atoms with Crippen LogP contribution >= 0.6 is 0 Å². The predicted molar refractivity (Wildman–Crippen MR) is 127 cm³/mol. The highest BCUT2D eigenvalue weighted by Crippen LogP contribution is 2.35. The van der Waals surface area contributed by atoms with E-state index < -0.39 is 37.3 Å². The first-order valence-corrected chi connectivity index (χ1v) is 11.9. The summed E-state index contributed by atoms with van der Waals surface area (Å²) < 4.78 is 27.7. The standard InChI is InChI=1S/C26H34O10/c1-32-20-9-14(3-5-18(20)28)7-16-12-34-13-17(16)8-15-4-6-19(21(10-15)33-2)35-26-25(31)24(30)23(29)22(11-27)36-26/h3-6,9-10,16-17,22-31H,7-8,11-13H2,1-2H3/t16?,17?,22-,23-,24+,25-,26-/m1/s1. The fourth-order valence-electron chi connectivity index (χ4n) is 4.77. The largest absolute Gasteiger partial charge is 0.504 e. The minimum atomic E-state index is -1.53. The number of aliphatic hydroxyl groups is 4. The zero-order valence-electron chi connectivity index (χ0n) is 20.3. The number of hydrogen-bond donors (Lipinski definition) is 5. The van der Waals surface area contributed by atoms with Gasteiger partial charge in [-0.1, -0.05) is 12.1 Å². The monoisotopic (exact) mass is 506 g/mol. The molecule has 5 N–H and O–H groups in total. The number of methoxy groups -OCH3 is 2. The molecule has 198 valence electrons. The Hall–Kier alpha value is -2.60. The van der Waals surface area contributed by atoms with Crippen molar-refractivity contribution in [2.45, 2.75) is 43.5 Å². The van der Waals surface area contributed by atoms with Crippen LogP contribution in [0.3, 0.4) is 0 Å². The second-order valence-electron chi connectivity index (χ2n) is 9.27. The number of benzene rings is 2. The van der Waals surface area contributed by atoms with E-state index in [-0.39, 0.29) is 17.6 Å². The molecule has 0 aliphatic carbocycles. The molecule has 0 amide bonds. The van der Waals surface area contributed by atoms with E-state index in [0.717, 1.165) is 24.0 Å². The summed E-state index contributed by atoms with van der Waals surface area (Å²) in [7, 11) is 3.03. The van der Waals surface area contributed by atoms with Gasteiger partial charge in [0.05, 0.1) is 34.0 Å². The van der Waals surface area contributed by atoms with Gasteiger partial charge in [0.25, 0.3) is 0 Å². The smallest absolute Gasteiger partial charge is 0.229 e. The average Bonchev–Trinajstić information content (AvgIpc) is 3.32. The predicted octanol–water partition coefficient (Wildman–Crippen LogP) is 0.636. The van der Waals surface area contributed by atoms with Crippen LogP contribution < -0.4 is 14.2 Å². The Morgan fingerprint density at radius 2 is 1.42 bits per heavy atom. The highest BCUT2D eigenvalue weighted by molar-refractivity contribution is 5.44. The van der Waals surface area contributed by atoms with Gasteiger partial charge < -0.3 is 49.2 Å². The molecular formula is C26H34O10. The number of phenolic OH excluding ortho intramolecular Hbond substituents is 1. The van der Waals surface area contributed by atoms with E-state index in [1.807, 2.05) is 24.3 Å². The summed E-state index contributed by atoms with van der Waals surface area (Å²) in [5.41, 5.74) is 2.07. The van der Waals surface area contributed by atoms with Crippen LogP contribution in [-0.4, -0.2) is 90.3 Å². The van der Waals surface area contributed by atoms with Crippen molar-refractivity contribution in [1.82, 2.24) is 0 Å². The van der Waals surface area contributed by atoms with Gasteiger partial charge in [0.15, 0.2) is 23.0 Å². The summed E-state index contributed by atoms with van der Waals surface area (Å²) in [6.07, 6.45) is -5.32. The highest BCUT2D eigenvalue weighted by Gasteiger charge is 2.45. The van der Waals surface area contributed by atoms with Gasteiger partial charge in [-0.15, -0.1) is 0 Å². The van der Waals surface area contributed by atoms with Gasteiger partial charge in [-0.25, -0.2) is 0 Å². The van der Waals surface area contributed by atoms with Gasteiger partial charge in [0.2, 0.25) is 6.29 Å². The lowest BCUT2D eigenvalue weighted by Gasteiger charge is -2.39. The lowest BCUT2D eigenvalue weighted by Crippen LogP contribution is -2.60. The van der Waals surface area contributed by atoms with Crippen molar-refractivity contribution < 1.29 is 49.2 Å². The molecule has 0 aromatic heterocycles. The molecule has 2 heterocycles. The number of hydrogen-bond acceptors (Lipinski definition) is 10. The van der Waals surface area contributed by atoms with Crippen molar-refractivity contribution >= 4 is 0 Å². The molecule has 0 radical (unpaired) electrons. The molecule has 10 nitrogen and oxygen atoms in total. The summed E-state index contributed by atoms with van der Waals surface area (Å²) in [5.74, 6) is 1.83. The van der Waals surface area contributed by atoms with Gasteiger partial charge in [-0.2, -0.15) is 0 Å². The van der Waals surface area contributed by atoms with E-state index in [0.29, 0.717) is 30.5 Å². The lowest BCUT2D eigenvalue weighted by atomic mass is 9.85. The third kappa shape index (κ3) is 5.69. The van der Waals surface area contributed by atoms with Gasteiger partial charge in [0, 0.05) is 0 Å². The summed E-state index contributed by atoms with van der Waals surface area (Å²) in [6.45, 7) is 0.733. The molecule has 0 spiro atoms. The van der Waals surface area contributed by atoms with Crippen LogP contribution in [0.2, 0.25) is 0 Å². The Labute approximate surface area is 209 Å². The Morgan fingerprint density at radius 1 is 0.806 bits per heavy atom. The molecule has 36 heavy (non-hydrogen) atoms. The zero-order valence-corrected chi connectivity index (χ0v) is 20.3.